The number of rotatable bonds is 7. The van der Waals surface area contributed by atoms with Crippen LogP contribution in [0.3, 0.4) is 0 Å². The molecule has 1 aromatic carbocycles. The van der Waals surface area contributed by atoms with Crippen molar-refractivity contribution in [2.75, 3.05) is 32.9 Å². The van der Waals surface area contributed by atoms with Crippen molar-refractivity contribution in [2.24, 2.45) is 35.5 Å². The Bertz CT molecular complexity index is 2250. The lowest BCUT2D eigenvalue weighted by molar-refractivity contribution is -0.265. The maximum absolute atomic E-state index is 14.5. The number of esters is 1. The third-order valence-corrected chi connectivity index (χ3v) is 17.2. The molecule has 0 aromatic heterocycles. The largest absolute Gasteiger partial charge is 0.460 e. The highest BCUT2D eigenvalue weighted by molar-refractivity contribution is 6.39. The van der Waals surface area contributed by atoms with E-state index in [0.717, 1.165) is 5.57 Å². The Balaban J connectivity index is 1.37. The first-order valence-corrected chi connectivity index (χ1v) is 27.7. The van der Waals surface area contributed by atoms with Gasteiger partial charge < -0.3 is 43.9 Å². The summed E-state index contributed by atoms with van der Waals surface area (Å²) in [6, 6.07) is 3.51. The van der Waals surface area contributed by atoms with Crippen LogP contribution in [0.5, 0.6) is 0 Å². The molecule has 1 amide bonds. The molecule has 4 bridgehead atoms. The van der Waals surface area contributed by atoms with Crippen molar-refractivity contribution in [1.82, 2.24) is 4.90 Å². The zero-order valence-corrected chi connectivity index (χ0v) is 47.0. The number of benzene rings is 1. The number of carbonyl (C=O) groups excluding carboxylic acids is 5. The van der Waals surface area contributed by atoms with Crippen molar-refractivity contribution in [2.45, 2.75) is 192 Å². The predicted molar refractivity (Wildman–Crippen MR) is 284 cm³/mol. The standard InChI is InChI=1S/C57H82Cl2N2O14/c1-31-24-35(5)51(64)53(72-10)52(65)36(6)25-32(2)46(63)30-48(33(3)26-38-18-22-45(62)49(28-38)71-9)73-56(68)44-16-11-12-23-60(44)55(67)54(66)57(69)37(7)17-19-39(74-57)29-47(70-8)34(4)27-40-20-21-43(31)61(75-40)50-41(58)14-13-15-42(50)59/h13-15,20-21,25,27,31-33,35,37-40,43-45,47-49,52-53,62,65,69H,11-12,16-19,22-24,26,28-30H2,1-10H3/b34-27+,36-25+/t31-,32+,33+,35+,37+,38-,39-,40?,43?,44?,45+,47-,48-,49+,52+,53-,57+/m0/s1. The number of nitrogens with zero attached hydrogens (tertiary/aromatic N) is 2. The Kier molecular flexibility index (Phi) is 21.7. The number of anilines is 1. The lowest BCUT2D eigenvalue weighted by Gasteiger charge is -2.43. The fourth-order valence-corrected chi connectivity index (χ4v) is 12.4. The fraction of sp³-hybridized carbons (Fsp3) is 0.702. The topological polar surface area (TPSA) is 208 Å². The highest BCUT2D eigenvalue weighted by Gasteiger charge is 2.53. The molecule has 6 aliphatic rings. The molecule has 5 aliphatic heterocycles. The number of amides is 1. The number of hydrogen-bond donors (Lipinski definition) is 3. The molecular formula is C57H82Cl2N2O14. The number of piperidine rings is 1. The first-order valence-electron chi connectivity index (χ1n) is 26.9. The van der Waals surface area contributed by atoms with Crippen LogP contribution in [-0.2, 0) is 52.5 Å². The van der Waals surface area contributed by atoms with E-state index in [4.69, 9.17) is 51.7 Å². The molecule has 17 atom stereocenters. The molecule has 2 saturated heterocycles. The molecule has 16 nitrogen and oxygen atoms in total. The van der Waals surface area contributed by atoms with Gasteiger partial charge in [-0.05, 0) is 125 Å². The molecule has 1 saturated carbocycles. The van der Waals surface area contributed by atoms with Crippen LogP contribution in [0.15, 0.2) is 53.6 Å². The maximum atomic E-state index is 14.5. The van der Waals surface area contributed by atoms with Gasteiger partial charge in [0.2, 0.25) is 5.79 Å². The number of para-hydroxylation sites is 1. The summed E-state index contributed by atoms with van der Waals surface area (Å²) < 4.78 is 29.8. The monoisotopic (exact) mass is 1090 g/mol. The number of aliphatic hydroxyl groups excluding tert-OH is 2. The first kappa shape index (κ1) is 60.7. The molecule has 7 rings (SSSR count). The molecule has 1 aromatic rings. The minimum atomic E-state index is -2.50. The van der Waals surface area contributed by atoms with Crippen molar-refractivity contribution < 1.29 is 67.8 Å². The molecule has 5 heterocycles. The van der Waals surface area contributed by atoms with E-state index in [1.165, 1.54) is 12.0 Å². The van der Waals surface area contributed by atoms with Gasteiger partial charge in [0.1, 0.15) is 41.9 Å². The van der Waals surface area contributed by atoms with Crippen molar-refractivity contribution in [1.29, 1.82) is 0 Å². The first-order chi connectivity index (χ1) is 35.5. The fourth-order valence-electron chi connectivity index (χ4n) is 11.9. The number of ether oxygens (including phenoxy) is 5. The molecule has 3 fully saturated rings. The van der Waals surface area contributed by atoms with E-state index in [9.17, 15) is 39.3 Å². The molecule has 0 radical (unpaired) electrons. The van der Waals surface area contributed by atoms with E-state index in [2.05, 4.69) is 0 Å². The third-order valence-electron chi connectivity index (χ3n) is 16.6. The van der Waals surface area contributed by atoms with Crippen LogP contribution >= 0.6 is 23.2 Å². The van der Waals surface area contributed by atoms with Crippen LogP contribution in [0.2, 0.25) is 10.0 Å². The SMILES string of the molecule is CO[C@H]1C[C@@H]2CC[C@@H](C)[C@@](O)(O2)C(=O)C(=O)N2CCCCC2C(=O)O[C@H]([C@H](C)C[C@@H]2CC[C@@H](O)[C@H](OC)C2)CC(=O)[C@H](C)/C=C(\C)[C@@H](O)[C@@H](OC)C(=O)[C@H](C)C[C@H](C)C2C=CC(/C=C/1C)ON2c1c(Cl)cccc1Cl. The summed E-state index contributed by atoms with van der Waals surface area (Å²) in [4.78, 5) is 79.9. The summed E-state index contributed by atoms with van der Waals surface area (Å²) in [7, 11) is 4.47. The van der Waals surface area contributed by atoms with E-state index in [-0.39, 0.29) is 61.2 Å². The number of halogens is 2. The molecule has 3 unspecified atom stereocenters. The van der Waals surface area contributed by atoms with Crippen LogP contribution in [-0.4, -0.2) is 144 Å². The average Bonchev–Trinajstić information content (AvgIpc) is 3.38. The highest BCUT2D eigenvalue weighted by Crippen LogP contribution is 2.41. The molecule has 75 heavy (non-hydrogen) atoms. The van der Waals surface area contributed by atoms with Crippen LogP contribution in [0.4, 0.5) is 5.69 Å². The van der Waals surface area contributed by atoms with E-state index in [1.54, 1.807) is 71.3 Å². The molecule has 18 heteroatoms. The van der Waals surface area contributed by atoms with Gasteiger partial charge in [-0.3, -0.25) is 24.0 Å². The van der Waals surface area contributed by atoms with Crippen molar-refractivity contribution in [3.8, 4) is 0 Å². The number of aliphatic hydroxyl groups is 3. The summed E-state index contributed by atoms with van der Waals surface area (Å²) in [5.74, 6) is -8.85. The third kappa shape index (κ3) is 14.4. The predicted octanol–water partition coefficient (Wildman–Crippen LogP) is 8.12. The number of hydroxylamine groups is 1. The number of Topliss-reactive ketones (excluding diaryl/α,β-unsaturated/α-hetero) is 3. The smallest absolute Gasteiger partial charge is 0.329 e. The molecule has 0 spiro atoms. The van der Waals surface area contributed by atoms with Crippen LogP contribution in [0.1, 0.15) is 126 Å². The van der Waals surface area contributed by atoms with Gasteiger partial charge in [0, 0.05) is 58.5 Å². The van der Waals surface area contributed by atoms with Gasteiger partial charge in [-0.25, -0.2) is 9.86 Å². The van der Waals surface area contributed by atoms with E-state index in [1.807, 2.05) is 39.0 Å². The normalized spacial score (nSPS) is 38.5. The number of allylic oxidation sites excluding steroid dienone is 1. The number of methoxy groups -OCH3 is 3. The van der Waals surface area contributed by atoms with Gasteiger partial charge in [0.05, 0.1) is 40.5 Å². The summed E-state index contributed by atoms with van der Waals surface area (Å²) >= 11 is 13.6. The Morgan fingerprint density at radius 1 is 0.840 bits per heavy atom. The zero-order valence-electron chi connectivity index (χ0n) is 45.5. The Morgan fingerprint density at radius 2 is 1.55 bits per heavy atom. The van der Waals surface area contributed by atoms with Crippen LogP contribution in [0.25, 0.3) is 0 Å². The average molecular weight is 1090 g/mol. The maximum Gasteiger partial charge on any atom is 0.329 e. The van der Waals surface area contributed by atoms with E-state index < -0.39 is 96.0 Å². The molecule has 3 N–H and O–H groups in total. The van der Waals surface area contributed by atoms with Crippen molar-refractivity contribution in [3.63, 3.8) is 0 Å². The highest BCUT2D eigenvalue weighted by atomic mass is 35.5. The Labute approximate surface area is 453 Å². The lowest BCUT2D eigenvalue weighted by Crippen LogP contribution is -2.61. The van der Waals surface area contributed by atoms with Crippen molar-refractivity contribution >= 4 is 58.1 Å². The Hall–Kier alpha value is -3.55. The second kappa shape index (κ2) is 26.9. The van der Waals surface area contributed by atoms with Crippen LogP contribution in [0, 0.1) is 35.5 Å². The summed E-state index contributed by atoms with van der Waals surface area (Å²) in [5, 5.41) is 36.8. The van der Waals surface area contributed by atoms with Gasteiger partial charge in [-0.15, -0.1) is 0 Å². The second-order valence-corrected chi connectivity index (χ2v) is 23.0. The molecular weight excluding hydrogens is 1010 g/mol. The summed E-state index contributed by atoms with van der Waals surface area (Å²) in [6.45, 7) is 12.6. The Morgan fingerprint density at radius 3 is 2.21 bits per heavy atom. The number of ketones is 3. The van der Waals surface area contributed by atoms with Gasteiger partial charge in [-0.1, -0.05) is 82.1 Å². The van der Waals surface area contributed by atoms with E-state index >= 15 is 0 Å². The minimum absolute atomic E-state index is 0.0561. The second-order valence-electron chi connectivity index (χ2n) is 22.2. The summed E-state index contributed by atoms with van der Waals surface area (Å²) in [5.41, 5.74) is 1.53. The number of hydrogen-bond acceptors (Lipinski definition) is 15. The molecule has 418 valence electrons. The zero-order chi connectivity index (χ0) is 55.1. The quantitative estimate of drug-likeness (QED) is 0.134. The van der Waals surface area contributed by atoms with Gasteiger partial charge in [0.15, 0.2) is 5.78 Å². The van der Waals surface area contributed by atoms with Crippen LogP contribution < -0.4 is 5.06 Å². The number of carbonyl (C=O) groups is 5. The summed E-state index contributed by atoms with van der Waals surface area (Å²) in [6.07, 6.45) is 5.60. The minimum Gasteiger partial charge on any atom is -0.460 e. The van der Waals surface area contributed by atoms with E-state index in [0.29, 0.717) is 79.1 Å². The number of fused-ring (bicyclic) bond motifs is 16. The van der Waals surface area contributed by atoms with Gasteiger partial charge in [0.25, 0.3) is 11.7 Å². The van der Waals surface area contributed by atoms with Crippen molar-refractivity contribution in [3.05, 3.63) is 63.7 Å². The van der Waals surface area contributed by atoms with Gasteiger partial charge >= 0.3 is 5.97 Å². The van der Waals surface area contributed by atoms with Gasteiger partial charge in [-0.2, -0.15) is 0 Å². The lowest BCUT2D eigenvalue weighted by atomic mass is 9.78. The molecule has 1 aliphatic carbocycles.